The van der Waals surface area contributed by atoms with E-state index in [-0.39, 0.29) is 12.0 Å². The molecule has 0 aliphatic carbocycles. The minimum absolute atomic E-state index is 0.0123. The largest absolute Gasteiger partial charge is 0.378 e. The molecule has 1 aromatic carbocycles. The van der Waals surface area contributed by atoms with Gasteiger partial charge in [-0.2, -0.15) is 0 Å². The van der Waals surface area contributed by atoms with Crippen LogP contribution in [0.3, 0.4) is 0 Å². The molecule has 116 valence electrons. The molecule has 1 fully saturated rings. The lowest BCUT2D eigenvalue weighted by atomic mass is 10.1. The number of hydrogen-bond acceptors (Lipinski definition) is 3. The van der Waals surface area contributed by atoms with Gasteiger partial charge in [0.15, 0.2) is 4.77 Å². The van der Waals surface area contributed by atoms with Crippen molar-refractivity contribution < 1.29 is 9.53 Å². The number of ether oxygens (including phenoxy) is 1. The first-order valence-electron chi connectivity index (χ1n) is 7.50. The Morgan fingerprint density at radius 2 is 2.36 bits per heavy atom. The van der Waals surface area contributed by atoms with Crippen LogP contribution in [0.25, 0.3) is 5.69 Å². The molecule has 1 amide bonds. The monoisotopic (exact) mass is 317 g/mol. The fraction of sp³-hybridized carbons (Fsp3) is 0.375. The molecule has 0 unspecified atom stereocenters. The lowest BCUT2D eigenvalue weighted by molar-refractivity contribution is -0.119. The van der Waals surface area contributed by atoms with Crippen molar-refractivity contribution in [2.75, 3.05) is 11.9 Å². The lowest BCUT2D eigenvalue weighted by Gasteiger charge is -2.22. The molecule has 6 heteroatoms. The van der Waals surface area contributed by atoms with Gasteiger partial charge in [-0.3, -0.25) is 9.36 Å². The van der Waals surface area contributed by atoms with E-state index >= 15 is 0 Å². The van der Waals surface area contributed by atoms with Crippen LogP contribution in [-0.4, -0.2) is 28.2 Å². The number of rotatable bonds is 4. The van der Waals surface area contributed by atoms with E-state index in [1.54, 1.807) is 6.20 Å². The molecule has 1 aliphatic rings. The standard InChI is InChI=1S/C16H19N3O2S/c20-15(11-14-6-1-2-9-21-14)18-12-4-3-5-13(10-12)19-8-7-17-16(19)22/h3-5,7-8,10,14H,1-2,6,9,11H2,(H,17,22)(H,18,20)/t14-/m0/s1. The van der Waals surface area contributed by atoms with E-state index in [0.717, 1.165) is 37.2 Å². The minimum Gasteiger partial charge on any atom is -0.378 e. The summed E-state index contributed by atoms with van der Waals surface area (Å²) in [6, 6.07) is 7.63. The van der Waals surface area contributed by atoms with Crippen LogP contribution >= 0.6 is 12.2 Å². The van der Waals surface area contributed by atoms with Crippen LogP contribution in [0.4, 0.5) is 5.69 Å². The molecule has 3 rings (SSSR count). The number of hydrogen-bond donors (Lipinski definition) is 2. The van der Waals surface area contributed by atoms with Gasteiger partial charge in [-0.05, 0) is 49.7 Å². The molecule has 1 aromatic heterocycles. The van der Waals surface area contributed by atoms with Gasteiger partial charge in [-0.25, -0.2) is 0 Å². The number of amides is 1. The molecule has 1 saturated heterocycles. The smallest absolute Gasteiger partial charge is 0.226 e. The van der Waals surface area contributed by atoms with Gasteiger partial charge in [-0.1, -0.05) is 6.07 Å². The number of nitrogens with one attached hydrogen (secondary N) is 2. The Hall–Kier alpha value is -1.92. The molecule has 5 nitrogen and oxygen atoms in total. The maximum Gasteiger partial charge on any atom is 0.226 e. The summed E-state index contributed by atoms with van der Waals surface area (Å²) in [5, 5.41) is 2.93. The van der Waals surface area contributed by atoms with E-state index in [4.69, 9.17) is 17.0 Å². The quantitative estimate of drug-likeness (QED) is 0.849. The Morgan fingerprint density at radius 1 is 1.45 bits per heavy atom. The molecule has 2 N–H and O–H groups in total. The highest BCUT2D eigenvalue weighted by molar-refractivity contribution is 7.71. The van der Waals surface area contributed by atoms with Gasteiger partial charge in [0.1, 0.15) is 0 Å². The molecule has 2 aromatic rings. The maximum atomic E-state index is 12.1. The zero-order valence-electron chi connectivity index (χ0n) is 12.2. The molecular formula is C16H19N3O2S. The van der Waals surface area contributed by atoms with E-state index in [9.17, 15) is 4.79 Å². The third-order valence-corrected chi connectivity index (χ3v) is 4.06. The number of benzene rings is 1. The van der Waals surface area contributed by atoms with E-state index in [1.807, 2.05) is 35.0 Å². The topological polar surface area (TPSA) is 59.0 Å². The van der Waals surface area contributed by atoms with Crippen molar-refractivity contribution in [2.24, 2.45) is 0 Å². The molecule has 22 heavy (non-hydrogen) atoms. The maximum absolute atomic E-state index is 12.1. The molecule has 0 saturated carbocycles. The number of carbonyl (C=O) groups excluding carboxylic acids is 1. The predicted octanol–water partition coefficient (Wildman–Crippen LogP) is 3.43. The highest BCUT2D eigenvalue weighted by atomic mass is 32.1. The summed E-state index contributed by atoms with van der Waals surface area (Å²) in [4.78, 5) is 15.1. The van der Waals surface area contributed by atoms with E-state index in [2.05, 4.69) is 10.3 Å². The number of imidazole rings is 1. The van der Waals surface area contributed by atoms with Crippen LogP contribution < -0.4 is 5.32 Å². The fourth-order valence-corrected chi connectivity index (χ4v) is 2.88. The van der Waals surface area contributed by atoms with Gasteiger partial charge in [-0.15, -0.1) is 0 Å². The Bertz CT molecular complexity index is 701. The van der Waals surface area contributed by atoms with Gasteiger partial charge in [0.2, 0.25) is 5.91 Å². The van der Waals surface area contributed by atoms with Crippen molar-refractivity contribution in [2.45, 2.75) is 31.8 Å². The second-order valence-electron chi connectivity index (χ2n) is 5.43. The Morgan fingerprint density at radius 3 is 3.09 bits per heavy atom. The second kappa shape index (κ2) is 6.89. The van der Waals surface area contributed by atoms with Crippen molar-refractivity contribution in [3.8, 4) is 5.69 Å². The molecule has 0 radical (unpaired) electrons. The molecule has 1 aliphatic heterocycles. The SMILES string of the molecule is O=C(C[C@@H]1CCCCO1)Nc1cccc(-n2cc[nH]c2=S)c1. The lowest BCUT2D eigenvalue weighted by Crippen LogP contribution is -2.25. The summed E-state index contributed by atoms with van der Waals surface area (Å²) in [5.41, 5.74) is 1.68. The molecule has 2 heterocycles. The van der Waals surface area contributed by atoms with Crippen LogP contribution in [0.15, 0.2) is 36.7 Å². The van der Waals surface area contributed by atoms with Crippen LogP contribution in [0.5, 0.6) is 0 Å². The number of anilines is 1. The van der Waals surface area contributed by atoms with Gasteiger partial charge in [0.05, 0.1) is 12.5 Å². The van der Waals surface area contributed by atoms with Crippen molar-refractivity contribution in [3.63, 3.8) is 0 Å². The zero-order valence-corrected chi connectivity index (χ0v) is 13.1. The summed E-state index contributed by atoms with van der Waals surface area (Å²) in [6.07, 6.45) is 7.30. The summed E-state index contributed by atoms with van der Waals surface area (Å²) in [7, 11) is 0. The highest BCUT2D eigenvalue weighted by Gasteiger charge is 2.17. The third kappa shape index (κ3) is 3.64. The predicted molar refractivity (Wildman–Crippen MR) is 87.8 cm³/mol. The first-order valence-corrected chi connectivity index (χ1v) is 7.91. The number of H-pyrrole nitrogens is 1. The summed E-state index contributed by atoms with van der Waals surface area (Å²) in [5.74, 6) is -0.0123. The second-order valence-corrected chi connectivity index (χ2v) is 5.81. The summed E-state index contributed by atoms with van der Waals surface area (Å²) in [6.45, 7) is 0.763. The minimum atomic E-state index is -0.0123. The van der Waals surface area contributed by atoms with Gasteiger partial charge < -0.3 is 15.0 Å². The van der Waals surface area contributed by atoms with Crippen molar-refractivity contribution in [3.05, 3.63) is 41.4 Å². The Balaban J connectivity index is 1.66. The number of aromatic amines is 1. The van der Waals surface area contributed by atoms with Crippen LogP contribution in [0, 0.1) is 4.77 Å². The highest BCUT2D eigenvalue weighted by Crippen LogP contribution is 2.18. The van der Waals surface area contributed by atoms with Gasteiger partial charge in [0.25, 0.3) is 0 Å². The van der Waals surface area contributed by atoms with Crippen molar-refractivity contribution in [1.29, 1.82) is 0 Å². The average Bonchev–Trinajstić information content (AvgIpc) is 2.94. The van der Waals surface area contributed by atoms with Crippen LogP contribution in [0.2, 0.25) is 0 Å². The molecular weight excluding hydrogens is 298 g/mol. The average molecular weight is 317 g/mol. The van der Waals surface area contributed by atoms with Gasteiger partial charge >= 0.3 is 0 Å². The van der Waals surface area contributed by atoms with Crippen LogP contribution in [-0.2, 0) is 9.53 Å². The molecule has 1 atom stereocenters. The van der Waals surface area contributed by atoms with Crippen LogP contribution in [0.1, 0.15) is 25.7 Å². The van der Waals surface area contributed by atoms with Gasteiger partial charge in [0, 0.05) is 30.4 Å². The Labute approximate surface area is 134 Å². The molecule has 0 bridgehead atoms. The number of aromatic nitrogens is 2. The third-order valence-electron chi connectivity index (χ3n) is 3.74. The number of carbonyl (C=O) groups is 1. The Kier molecular flexibility index (Phi) is 4.70. The van der Waals surface area contributed by atoms with Crippen molar-refractivity contribution in [1.82, 2.24) is 9.55 Å². The molecule has 0 spiro atoms. The normalized spacial score (nSPS) is 18.1. The van der Waals surface area contributed by atoms with Crippen molar-refractivity contribution >= 4 is 23.8 Å². The van der Waals surface area contributed by atoms with E-state index < -0.39 is 0 Å². The first-order chi connectivity index (χ1) is 10.7. The van der Waals surface area contributed by atoms with E-state index in [1.165, 1.54) is 0 Å². The zero-order chi connectivity index (χ0) is 15.4. The fourth-order valence-electron chi connectivity index (χ4n) is 2.64. The van der Waals surface area contributed by atoms with E-state index in [0.29, 0.717) is 11.2 Å². The summed E-state index contributed by atoms with van der Waals surface area (Å²) >= 11 is 5.21. The number of nitrogens with zero attached hydrogens (tertiary/aromatic N) is 1. The first kappa shape index (κ1) is 15.0. The summed E-state index contributed by atoms with van der Waals surface area (Å²) < 4.78 is 8.08.